The SMILES string of the molecule is O=C(Nc1ccc(N2CCNC2=O)cc1)c1cccc(CN2CCCC2=O)c1. The average molecular weight is 378 g/mol. The van der Waals surface area contributed by atoms with Gasteiger partial charge in [0.1, 0.15) is 0 Å². The summed E-state index contributed by atoms with van der Waals surface area (Å²) in [7, 11) is 0. The maximum absolute atomic E-state index is 12.6. The van der Waals surface area contributed by atoms with Crippen molar-refractivity contribution in [3.05, 3.63) is 59.7 Å². The van der Waals surface area contributed by atoms with Gasteiger partial charge in [0.05, 0.1) is 0 Å². The molecule has 0 aliphatic carbocycles. The van der Waals surface area contributed by atoms with Crippen molar-refractivity contribution in [1.82, 2.24) is 10.2 Å². The van der Waals surface area contributed by atoms with E-state index in [1.54, 1.807) is 23.1 Å². The van der Waals surface area contributed by atoms with Gasteiger partial charge < -0.3 is 15.5 Å². The van der Waals surface area contributed by atoms with Crippen LogP contribution in [-0.2, 0) is 11.3 Å². The zero-order valence-corrected chi connectivity index (χ0v) is 15.5. The summed E-state index contributed by atoms with van der Waals surface area (Å²) in [5.74, 6) is -0.0390. The Morgan fingerprint density at radius 1 is 1.07 bits per heavy atom. The van der Waals surface area contributed by atoms with Crippen LogP contribution in [0, 0.1) is 0 Å². The first-order chi connectivity index (χ1) is 13.6. The van der Waals surface area contributed by atoms with Gasteiger partial charge in [-0.25, -0.2) is 4.79 Å². The third-order valence-electron chi connectivity index (χ3n) is 5.03. The molecule has 2 N–H and O–H groups in total. The summed E-state index contributed by atoms with van der Waals surface area (Å²) in [4.78, 5) is 39.6. The van der Waals surface area contributed by atoms with Gasteiger partial charge in [-0.2, -0.15) is 0 Å². The molecule has 0 atom stereocenters. The summed E-state index contributed by atoms with van der Waals surface area (Å²) in [6.45, 7) is 2.58. The molecule has 0 aromatic heterocycles. The Kier molecular flexibility index (Phi) is 4.97. The number of nitrogens with one attached hydrogen (secondary N) is 2. The van der Waals surface area contributed by atoms with Gasteiger partial charge in [0.2, 0.25) is 5.91 Å². The molecule has 28 heavy (non-hydrogen) atoms. The number of amides is 4. The smallest absolute Gasteiger partial charge is 0.321 e. The lowest BCUT2D eigenvalue weighted by Crippen LogP contribution is -2.27. The van der Waals surface area contributed by atoms with Crippen LogP contribution in [0.4, 0.5) is 16.2 Å². The molecule has 0 spiro atoms. The van der Waals surface area contributed by atoms with Crippen molar-refractivity contribution in [2.45, 2.75) is 19.4 Å². The van der Waals surface area contributed by atoms with Crippen LogP contribution in [0.5, 0.6) is 0 Å². The van der Waals surface area contributed by atoms with E-state index >= 15 is 0 Å². The molecule has 2 fully saturated rings. The lowest BCUT2D eigenvalue weighted by Gasteiger charge is -2.16. The summed E-state index contributed by atoms with van der Waals surface area (Å²) in [6, 6.07) is 14.4. The van der Waals surface area contributed by atoms with Gasteiger partial charge in [0, 0.05) is 49.5 Å². The molecule has 0 saturated carbocycles. The Morgan fingerprint density at radius 3 is 2.57 bits per heavy atom. The normalized spacial score (nSPS) is 16.4. The first-order valence-corrected chi connectivity index (χ1v) is 9.44. The summed E-state index contributed by atoms with van der Waals surface area (Å²) >= 11 is 0. The highest BCUT2D eigenvalue weighted by atomic mass is 16.2. The van der Waals surface area contributed by atoms with Crippen LogP contribution >= 0.6 is 0 Å². The van der Waals surface area contributed by atoms with Crippen LogP contribution < -0.4 is 15.5 Å². The molecule has 0 unspecified atom stereocenters. The number of carbonyl (C=O) groups excluding carboxylic acids is 3. The molecule has 7 heteroatoms. The Bertz CT molecular complexity index is 910. The van der Waals surface area contributed by atoms with E-state index in [4.69, 9.17) is 0 Å². The van der Waals surface area contributed by atoms with Crippen molar-refractivity contribution in [2.75, 3.05) is 29.9 Å². The summed E-state index contributed by atoms with van der Waals surface area (Å²) in [6.07, 6.45) is 1.50. The highest BCUT2D eigenvalue weighted by Crippen LogP contribution is 2.20. The molecule has 2 aliphatic heterocycles. The second kappa shape index (κ2) is 7.72. The largest absolute Gasteiger partial charge is 0.338 e. The molecule has 2 aromatic carbocycles. The van der Waals surface area contributed by atoms with Crippen LogP contribution in [0.1, 0.15) is 28.8 Å². The van der Waals surface area contributed by atoms with E-state index in [1.165, 1.54) is 0 Å². The number of hydrogen-bond donors (Lipinski definition) is 2. The van der Waals surface area contributed by atoms with Gasteiger partial charge in [0.15, 0.2) is 0 Å². The standard InChI is InChI=1S/C21H22N4O3/c26-19-5-2-11-24(19)14-15-3-1-4-16(13-15)20(27)23-17-6-8-18(9-7-17)25-12-10-22-21(25)28/h1,3-4,6-9,13H,2,5,10-12,14H2,(H,22,28)(H,23,27). The number of likely N-dealkylation sites (tertiary alicyclic amines) is 1. The van der Waals surface area contributed by atoms with Crippen LogP contribution in [0.25, 0.3) is 0 Å². The minimum atomic E-state index is -0.207. The third-order valence-corrected chi connectivity index (χ3v) is 5.03. The van der Waals surface area contributed by atoms with Crippen molar-refractivity contribution in [3.8, 4) is 0 Å². The van der Waals surface area contributed by atoms with Crippen LogP contribution in [0.15, 0.2) is 48.5 Å². The van der Waals surface area contributed by atoms with Crippen molar-refractivity contribution in [3.63, 3.8) is 0 Å². The summed E-state index contributed by atoms with van der Waals surface area (Å²) < 4.78 is 0. The highest BCUT2D eigenvalue weighted by molar-refractivity contribution is 6.04. The predicted octanol–water partition coefficient (Wildman–Crippen LogP) is 2.59. The maximum atomic E-state index is 12.6. The Labute approximate surface area is 163 Å². The molecule has 7 nitrogen and oxygen atoms in total. The van der Waals surface area contributed by atoms with Crippen molar-refractivity contribution >= 4 is 29.2 Å². The molecule has 2 saturated heterocycles. The Hall–Kier alpha value is -3.35. The van der Waals surface area contributed by atoms with Gasteiger partial charge in [-0.15, -0.1) is 0 Å². The van der Waals surface area contributed by atoms with E-state index in [1.807, 2.05) is 35.2 Å². The van der Waals surface area contributed by atoms with Crippen LogP contribution in [0.2, 0.25) is 0 Å². The van der Waals surface area contributed by atoms with Crippen molar-refractivity contribution in [2.24, 2.45) is 0 Å². The average Bonchev–Trinajstić information content (AvgIpc) is 3.31. The topological polar surface area (TPSA) is 81.8 Å². The fourth-order valence-corrected chi connectivity index (χ4v) is 3.55. The molecular formula is C21H22N4O3. The Balaban J connectivity index is 1.41. The molecule has 144 valence electrons. The van der Waals surface area contributed by atoms with E-state index in [-0.39, 0.29) is 17.8 Å². The molecule has 4 amide bonds. The maximum Gasteiger partial charge on any atom is 0.321 e. The summed E-state index contributed by atoms with van der Waals surface area (Å²) in [5, 5.41) is 5.64. The van der Waals surface area contributed by atoms with E-state index in [0.717, 1.165) is 24.2 Å². The minimum Gasteiger partial charge on any atom is -0.338 e. The molecule has 2 aromatic rings. The van der Waals surface area contributed by atoms with E-state index in [9.17, 15) is 14.4 Å². The van der Waals surface area contributed by atoms with Gasteiger partial charge in [-0.3, -0.25) is 14.5 Å². The van der Waals surface area contributed by atoms with Crippen LogP contribution in [-0.4, -0.2) is 42.4 Å². The molecular weight excluding hydrogens is 356 g/mol. The van der Waals surface area contributed by atoms with Crippen molar-refractivity contribution in [1.29, 1.82) is 0 Å². The number of carbonyl (C=O) groups is 3. The number of hydrogen-bond acceptors (Lipinski definition) is 3. The second-order valence-corrected chi connectivity index (χ2v) is 7.00. The number of benzene rings is 2. The molecule has 4 rings (SSSR count). The fourth-order valence-electron chi connectivity index (χ4n) is 3.55. The van der Waals surface area contributed by atoms with E-state index < -0.39 is 0 Å². The zero-order valence-electron chi connectivity index (χ0n) is 15.5. The van der Waals surface area contributed by atoms with Gasteiger partial charge in [-0.05, 0) is 48.4 Å². The number of urea groups is 1. The van der Waals surface area contributed by atoms with E-state index in [0.29, 0.717) is 37.3 Å². The monoisotopic (exact) mass is 378 g/mol. The first kappa shape index (κ1) is 18.0. The van der Waals surface area contributed by atoms with E-state index in [2.05, 4.69) is 10.6 Å². The fraction of sp³-hybridized carbons (Fsp3) is 0.286. The first-order valence-electron chi connectivity index (χ1n) is 9.44. The van der Waals surface area contributed by atoms with Gasteiger partial charge >= 0.3 is 6.03 Å². The number of rotatable bonds is 5. The number of nitrogens with zero attached hydrogens (tertiary/aromatic N) is 2. The second-order valence-electron chi connectivity index (χ2n) is 7.00. The third kappa shape index (κ3) is 3.83. The molecule has 0 bridgehead atoms. The predicted molar refractivity (Wildman–Crippen MR) is 106 cm³/mol. The molecule has 0 radical (unpaired) electrons. The zero-order chi connectivity index (χ0) is 19.5. The highest BCUT2D eigenvalue weighted by Gasteiger charge is 2.21. The summed E-state index contributed by atoms with van der Waals surface area (Å²) in [5.41, 5.74) is 2.95. The quantitative estimate of drug-likeness (QED) is 0.839. The minimum absolute atomic E-state index is 0.106. The lowest BCUT2D eigenvalue weighted by atomic mass is 10.1. The number of anilines is 2. The Morgan fingerprint density at radius 2 is 1.89 bits per heavy atom. The van der Waals surface area contributed by atoms with Gasteiger partial charge in [0.25, 0.3) is 5.91 Å². The van der Waals surface area contributed by atoms with Crippen molar-refractivity contribution < 1.29 is 14.4 Å². The van der Waals surface area contributed by atoms with Gasteiger partial charge in [-0.1, -0.05) is 12.1 Å². The van der Waals surface area contributed by atoms with Crippen LogP contribution in [0.3, 0.4) is 0 Å². The molecule has 2 heterocycles. The lowest BCUT2D eigenvalue weighted by molar-refractivity contribution is -0.128. The molecule has 2 aliphatic rings.